The van der Waals surface area contributed by atoms with Gasteiger partial charge in [0.05, 0.1) is 18.7 Å². The zero-order valence-electron chi connectivity index (χ0n) is 16.3. The van der Waals surface area contributed by atoms with Gasteiger partial charge in [-0.2, -0.15) is 0 Å². The van der Waals surface area contributed by atoms with E-state index in [0.29, 0.717) is 24.8 Å². The van der Waals surface area contributed by atoms with Crippen molar-refractivity contribution in [2.75, 3.05) is 6.61 Å². The molecule has 0 atom stereocenters. The highest BCUT2D eigenvalue weighted by molar-refractivity contribution is 5.92. The molecule has 0 radical (unpaired) electrons. The van der Waals surface area contributed by atoms with Crippen LogP contribution in [0.15, 0.2) is 0 Å². The van der Waals surface area contributed by atoms with E-state index in [9.17, 15) is 9.59 Å². The Balaban J connectivity index is 2.27. The Morgan fingerprint density at radius 1 is 1.20 bits per heavy atom. The number of nitrogens with zero attached hydrogens (tertiary/aromatic N) is 1. The monoisotopic (exact) mass is 348 g/mol. The highest BCUT2D eigenvalue weighted by Crippen LogP contribution is 2.27. The van der Waals surface area contributed by atoms with Crippen LogP contribution in [-0.2, 0) is 16.1 Å². The van der Waals surface area contributed by atoms with Crippen molar-refractivity contribution >= 4 is 11.9 Å². The summed E-state index contributed by atoms with van der Waals surface area (Å²) in [4.78, 5) is 30.4. The van der Waals surface area contributed by atoms with Crippen molar-refractivity contribution in [3.05, 3.63) is 22.5 Å². The number of rotatable bonds is 6. The van der Waals surface area contributed by atoms with E-state index in [2.05, 4.69) is 4.98 Å². The Bertz CT molecular complexity index is 613. The molecule has 25 heavy (non-hydrogen) atoms. The molecule has 1 heterocycles. The number of amides is 1. The normalized spacial score (nSPS) is 15.4. The fourth-order valence-electron chi connectivity index (χ4n) is 3.76. The SMILES string of the molecule is CCOC(=O)c1c(C)[nH]c(CN(C(=O)C(C)C)C2CCCCC2)c1C. The highest BCUT2D eigenvalue weighted by atomic mass is 16.5. The summed E-state index contributed by atoms with van der Waals surface area (Å²) in [5.41, 5.74) is 3.26. The molecule has 1 amide bonds. The van der Waals surface area contributed by atoms with Gasteiger partial charge in [-0.3, -0.25) is 4.79 Å². The van der Waals surface area contributed by atoms with Crippen LogP contribution in [0, 0.1) is 19.8 Å². The summed E-state index contributed by atoms with van der Waals surface area (Å²) < 4.78 is 5.17. The van der Waals surface area contributed by atoms with Crippen molar-refractivity contribution in [3.8, 4) is 0 Å². The maximum atomic E-state index is 12.8. The van der Waals surface area contributed by atoms with Crippen LogP contribution in [0.2, 0.25) is 0 Å². The first-order chi connectivity index (χ1) is 11.9. The summed E-state index contributed by atoms with van der Waals surface area (Å²) in [6.07, 6.45) is 5.77. The number of nitrogens with one attached hydrogen (secondary N) is 1. The third kappa shape index (κ3) is 4.44. The number of carbonyl (C=O) groups excluding carboxylic acids is 2. The molecule has 1 fully saturated rings. The molecule has 5 heteroatoms. The Hall–Kier alpha value is -1.78. The Morgan fingerprint density at radius 2 is 1.84 bits per heavy atom. The summed E-state index contributed by atoms with van der Waals surface area (Å²) in [5.74, 6) is -0.126. The van der Waals surface area contributed by atoms with Gasteiger partial charge in [0, 0.05) is 23.3 Å². The van der Waals surface area contributed by atoms with Crippen LogP contribution in [0.25, 0.3) is 0 Å². The van der Waals surface area contributed by atoms with Crippen LogP contribution in [0.1, 0.15) is 80.2 Å². The molecule has 1 aliphatic carbocycles. The predicted molar refractivity (Wildman–Crippen MR) is 98.5 cm³/mol. The lowest BCUT2D eigenvalue weighted by Crippen LogP contribution is -2.43. The maximum Gasteiger partial charge on any atom is 0.340 e. The number of aromatic nitrogens is 1. The zero-order chi connectivity index (χ0) is 18.6. The number of esters is 1. The molecule has 0 bridgehead atoms. The lowest BCUT2D eigenvalue weighted by molar-refractivity contribution is -0.138. The van der Waals surface area contributed by atoms with Crippen LogP contribution < -0.4 is 0 Å². The standard InChI is InChI=1S/C20H32N2O3/c1-6-25-20(24)18-14(4)17(21-15(18)5)12-22(19(23)13(2)3)16-10-8-7-9-11-16/h13,16,21H,6-12H2,1-5H3. The van der Waals surface area contributed by atoms with E-state index >= 15 is 0 Å². The Labute approximate surface area is 151 Å². The molecule has 1 aromatic heterocycles. The van der Waals surface area contributed by atoms with Gasteiger partial charge in [-0.05, 0) is 39.2 Å². The van der Waals surface area contributed by atoms with Crippen molar-refractivity contribution in [1.82, 2.24) is 9.88 Å². The minimum absolute atomic E-state index is 0.0252. The predicted octanol–water partition coefficient (Wildman–Crippen LogP) is 4.13. The van der Waals surface area contributed by atoms with Gasteiger partial charge in [0.2, 0.25) is 5.91 Å². The third-order valence-electron chi connectivity index (χ3n) is 5.14. The number of ether oxygens (including phenoxy) is 1. The number of hydrogen-bond acceptors (Lipinski definition) is 3. The van der Waals surface area contributed by atoms with Crippen LogP contribution in [-0.4, -0.2) is 34.4 Å². The summed E-state index contributed by atoms with van der Waals surface area (Å²) in [6.45, 7) is 10.4. The van der Waals surface area contributed by atoms with E-state index in [1.807, 2.05) is 39.5 Å². The van der Waals surface area contributed by atoms with Gasteiger partial charge in [0.25, 0.3) is 0 Å². The van der Waals surface area contributed by atoms with Crippen molar-refractivity contribution in [1.29, 1.82) is 0 Å². The molecule has 1 saturated carbocycles. The van der Waals surface area contributed by atoms with Crippen molar-refractivity contribution in [3.63, 3.8) is 0 Å². The third-order valence-corrected chi connectivity index (χ3v) is 5.14. The summed E-state index contributed by atoms with van der Waals surface area (Å²) in [6, 6.07) is 0.303. The highest BCUT2D eigenvalue weighted by Gasteiger charge is 2.29. The summed E-state index contributed by atoms with van der Waals surface area (Å²) >= 11 is 0. The topological polar surface area (TPSA) is 62.4 Å². The quantitative estimate of drug-likeness (QED) is 0.786. The molecular weight excluding hydrogens is 316 g/mol. The van der Waals surface area contributed by atoms with Crippen molar-refractivity contribution in [2.24, 2.45) is 5.92 Å². The second kappa shape index (κ2) is 8.54. The maximum absolute atomic E-state index is 12.8. The Kier molecular flexibility index (Phi) is 6.68. The number of H-pyrrole nitrogens is 1. The van der Waals surface area contributed by atoms with Gasteiger partial charge < -0.3 is 14.6 Å². The number of hydrogen-bond donors (Lipinski definition) is 1. The van der Waals surface area contributed by atoms with Gasteiger partial charge in [-0.1, -0.05) is 33.1 Å². The van der Waals surface area contributed by atoms with E-state index in [0.717, 1.165) is 29.8 Å². The van der Waals surface area contributed by atoms with Gasteiger partial charge in [-0.15, -0.1) is 0 Å². The van der Waals surface area contributed by atoms with Crippen molar-refractivity contribution < 1.29 is 14.3 Å². The molecule has 5 nitrogen and oxygen atoms in total. The first-order valence-electron chi connectivity index (χ1n) is 9.52. The molecule has 2 rings (SSSR count). The second-order valence-electron chi connectivity index (χ2n) is 7.36. The number of carbonyl (C=O) groups is 2. The molecule has 1 aliphatic rings. The second-order valence-corrected chi connectivity index (χ2v) is 7.36. The molecule has 0 spiro atoms. The van der Waals surface area contributed by atoms with Crippen LogP contribution in [0.3, 0.4) is 0 Å². The summed E-state index contributed by atoms with van der Waals surface area (Å²) in [7, 11) is 0. The van der Waals surface area contributed by atoms with Crippen LogP contribution in [0.5, 0.6) is 0 Å². The smallest absolute Gasteiger partial charge is 0.340 e. The van der Waals surface area contributed by atoms with Gasteiger partial charge in [0.15, 0.2) is 0 Å². The molecule has 0 unspecified atom stereocenters. The fraction of sp³-hybridized carbons (Fsp3) is 0.700. The van der Waals surface area contributed by atoms with E-state index in [1.165, 1.54) is 19.3 Å². The average Bonchev–Trinajstić information content (AvgIpc) is 2.86. The fourth-order valence-corrected chi connectivity index (χ4v) is 3.76. The average molecular weight is 348 g/mol. The molecule has 1 aromatic rings. The van der Waals surface area contributed by atoms with E-state index in [-0.39, 0.29) is 17.8 Å². The van der Waals surface area contributed by atoms with Crippen LogP contribution in [0.4, 0.5) is 0 Å². The first-order valence-corrected chi connectivity index (χ1v) is 9.52. The minimum atomic E-state index is -0.292. The largest absolute Gasteiger partial charge is 0.462 e. The molecule has 0 saturated heterocycles. The van der Waals surface area contributed by atoms with Gasteiger partial charge in [0.1, 0.15) is 0 Å². The van der Waals surface area contributed by atoms with Gasteiger partial charge in [-0.25, -0.2) is 4.79 Å². The zero-order valence-corrected chi connectivity index (χ0v) is 16.3. The van der Waals surface area contributed by atoms with Gasteiger partial charge >= 0.3 is 5.97 Å². The lowest BCUT2D eigenvalue weighted by Gasteiger charge is -2.35. The molecule has 0 aliphatic heterocycles. The summed E-state index contributed by atoms with van der Waals surface area (Å²) in [5, 5.41) is 0. The Morgan fingerprint density at radius 3 is 2.40 bits per heavy atom. The van der Waals surface area contributed by atoms with E-state index in [4.69, 9.17) is 4.74 Å². The van der Waals surface area contributed by atoms with Crippen molar-refractivity contribution in [2.45, 2.75) is 79.3 Å². The lowest BCUT2D eigenvalue weighted by atomic mass is 9.93. The van der Waals surface area contributed by atoms with Crippen LogP contribution >= 0.6 is 0 Å². The molecule has 1 N–H and O–H groups in total. The number of aromatic amines is 1. The molecule has 140 valence electrons. The van der Waals surface area contributed by atoms with E-state index < -0.39 is 0 Å². The first kappa shape index (κ1) is 19.5. The number of aryl methyl sites for hydroxylation is 1. The van der Waals surface area contributed by atoms with E-state index in [1.54, 1.807) is 0 Å². The minimum Gasteiger partial charge on any atom is -0.462 e. The molecular formula is C20H32N2O3. The molecule has 0 aromatic carbocycles.